The lowest BCUT2D eigenvalue weighted by molar-refractivity contribution is 0.0697. The summed E-state index contributed by atoms with van der Waals surface area (Å²) in [6.07, 6.45) is 0. The molecule has 3 heterocycles. The number of carboxylic acids is 1. The van der Waals surface area contributed by atoms with Crippen LogP contribution in [0.25, 0.3) is 32.6 Å². The van der Waals surface area contributed by atoms with Crippen molar-refractivity contribution in [3.8, 4) is 27.8 Å². The topological polar surface area (TPSA) is 100 Å². The van der Waals surface area contributed by atoms with Gasteiger partial charge in [-0.05, 0) is 65.4 Å². The first kappa shape index (κ1) is 22.4. The molecule has 0 aliphatic heterocycles. The van der Waals surface area contributed by atoms with Crippen LogP contribution in [0.3, 0.4) is 0 Å². The largest absolute Gasteiger partial charge is 0.478 e. The Hall–Kier alpha value is -3.42. The number of rotatable bonds is 5. The number of halogens is 1. The summed E-state index contributed by atoms with van der Waals surface area (Å²) in [4.78, 5) is 12.9. The lowest BCUT2D eigenvalue weighted by Gasteiger charge is -2.12. The number of thiophene rings is 2. The smallest absolute Gasteiger partial charge is 0.335 e. The molecule has 5 aromatic rings. The zero-order valence-electron chi connectivity index (χ0n) is 17.1. The first-order valence-electron chi connectivity index (χ1n) is 9.77. The van der Waals surface area contributed by atoms with Crippen LogP contribution in [0.4, 0.5) is 0 Å². The van der Waals surface area contributed by atoms with E-state index >= 15 is 0 Å². The van der Waals surface area contributed by atoms with Gasteiger partial charge in [-0.1, -0.05) is 17.7 Å². The van der Waals surface area contributed by atoms with E-state index in [1.165, 1.54) is 69.1 Å². The highest BCUT2D eigenvalue weighted by Crippen LogP contribution is 2.46. The van der Waals surface area contributed by atoms with Gasteiger partial charge in [-0.2, -0.15) is 5.26 Å². The zero-order chi connectivity index (χ0) is 24.0. The van der Waals surface area contributed by atoms with Crippen molar-refractivity contribution >= 4 is 61.2 Å². The van der Waals surface area contributed by atoms with Crippen LogP contribution in [0.5, 0.6) is 0 Å². The Morgan fingerprint density at radius 3 is 2.44 bits per heavy atom. The van der Waals surface area contributed by atoms with Gasteiger partial charge in [-0.3, -0.25) is 0 Å². The number of hydrogen-bond donors (Lipinski definition) is 1. The molecule has 0 fully saturated rings. The van der Waals surface area contributed by atoms with Gasteiger partial charge in [-0.15, -0.1) is 22.7 Å². The number of benzene rings is 2. The number of carbonyl (C=O) groups is 1. The highest BCUT2D eigenvalue weighted by molar-refractivity contribution is 7.90. The summed E-state index contributed by atoms with van der Waals surface area (Å²) < 4.78 is 29.2. The van der Waals surface area contributed by atoms with E-state index in [9.17, 15) is 23.6 Å². The average Bonchev–Trinajstić information content (AvgIpc) is 3.56. The predicted molar refractivity (Wildman–Crippen MR) is 134 cm³/mol. The molecule has 10 heteroatoms. The second-order valence-electron chi connectivity index (χ2n) is 7.24. The Labute approximate surface area is 207 Å². The normalized spacial score (nSPS) is 11.5. The molecule has 168 valence electrons. The summed E-state index contributed by atoms with van der Waals surface area (Å²) in [5, 5.41) is 23.7. The number of fused-ring (bicyclic) bond motifs is 1. The van der Waals surface area contributed by atoms with Gasteiger partial charge in [0.1, 0.15) is 10.9 Å². The van der Waals surface area contributed by atoms with E-state index < -0.39 is 16.0 Å². The minimum atomic E-state index is -4.12. The summed E-state index contributed by atoms with van der Waals surface area (Å²) in [6, 6.07) is 17.7. The van der Waals surface area contributed by atoms with Gasteiger partial charge in [0, 0.05) is 21.5 Å². The lowest BCUT2D eigenvalue weighted by Crippen LogP contribution is -2.14. The van der Waals surface area contributed by atoms with Gasteiger partial charge in [0.15, 0.2) is 0 Å². The van der Waals surface area contributed by atoms with Crippen molar-refractivity contribution in [3.05, 3.63) is 86.9 Å². The molecule has 6 nitrogen and oxygen atoms in total. The maximum absolute atomic E-state index is 14.0. The van der Waals surface area contributed by atoms with Gasteiger partial charge >= 0.3 is 5.97 Å². The van der Waals surface area contributed by atoms with Crippen molar-refractivity contribution in [2.24, 2.45) is 0 Å². The first-order chi connectivity index (χ1) is 16.3. The third kappa shape index (κ3) is 3.52. The van der Waals surface area contributed by atoms with Gasteiger partial charge in [0.05, 0.1) is 26.5 Å². The molecule has 0 radical (unpaired) electrons. The number of nitrogens with zero attached hydrogens (tertiary/aromatic N) is 2. The maximum atomic E-state index is 14.0. The molecule has 5 rings (SSSR count). The number of aromatic carboxylic acids is 1. The van der Waals surface area contributed by atoms with Crippen LogP contribution in [-0.4, -0.2) is 23.5 Å². The summed E-state index contributed by atoms with van der Waals surface area (Å²) in [6.45, 7) is 0. The monoisotopic (exact) mass is 524 g/mol. The lowest BCUT2D eigenvalue weighted by atomic mass is 10.0. The standard InChI is InChI=1S/C24H13ClN2O4S3/c25-15-4-6-16(7-5-15)34(30,31)27-19-8-3-14(24(28)29)12-18(19)22(17-9-11-33-21(17)13-26)23(27)20-2-1-10-32-20/h1-12H,(H,28,29). The summed E-state index contributed by atoms with van der Waals surface area (Å²) in [5.41, 5.74) is 1.75. The molecule has 0 saturated heterocycles. The van der Waals surface area contributed by atoms with Crippen LogP contribution in [-0.2, 0) is 10.0 Å². The van der Waals surface area contributed by atoms with Crippen molar-refractivity contribution in [1.82, 2.24) is 3.97 Å². The molecule has 0 aliphatic carbocycles. The molecular formula is C24H13ClN2O4S3. The molecule has 34 heavy (non-hydrogen) atoms. The molecule has 3 aromatic heterocycles. The quantitative estimate of drug-likeness (QED) is 0.280. The average molecular weight is 525 g/mol. The van der Waals surface area contributed by atoms with Crippen LogP contribution < -0.4 is 0 Å². The van der Waals surface area contributed by atoms with Gasteiger partial charge in [0.2, 0.25) is 0 Å². The van der Waals surface area contributed by atoms with Crippen molar-refractivity contribution in [2.75, 3.05) is 0 Å². The van der Waals surface area contributed by atoms with Crippen molar-refractivity contribution in [3.63, 3.8) is 0 Å². The Kier molecular flexibility index (Phi) is 5.54. The highest BCUT2D eigenvalue weighted by Gasteiger charge is 2.30. The molecule has 0 bridgehead atoms. The van der Waals surface area contributed by atoms with E-state index in [1.54, 1.807) is 17.5 Å². The van der Waals surface area contributed by atoms with Crippen molar-refractivity contribution in [1.29, 1.82) is 5.26 Å². The van der Waals surface area contributed by atoms with Crippen molar-refractivity contribution < 1.29 is 18.3 Å². The van der Waals surface area contributed by atoms with Crippen LogP contribution >= 0.6 is 34.3 Å². The Morgan fingerprint density at radius 2 is 1.79 bits per heavy atom. The summed E-state index contributed by atoms with van der Waals surface area (Å²) in [7, 11) is -4.12. The fraction of sp³-hybridized carbons (Fsp3) is 0. The van der Waals surface area contributed by atoms with E-state index in [-0.39, 0.29) is 10.5 Å². The molecule has 0 spiro atoms. The number of hydrogen-bond acceptors (Lipinski definition) is 6. The molecule has 0 aliphatic rings. The highest BCUT2D eigenvalue weighted by atomic mass is 35.5. The van der Waals surface area contributed by atoms with E-state index in [0.717, 1.165) is 0 Å². The summed E-state index contributed by atoms with van der Waals surface area (Å²) in [5.74, 6) is -1.13. The van der Waals surface area contributed by atoms with Crippen molar-refractivity contribution in [2.45, 2.75) is 4.90 Å². The van der Waals surface area contributed by atoms with Gasteiger partial charge < -0.3 is 5.11 Å². The number of aromatic nitrogens is 1. The number of carboxylic acid groups (broad SMARTS) is 1. The number of nitriles is 1. The van der Waals surface area contributed by atoms with Crippen LogP contribution in [0.1, 0.15) is 15.2 Å². The fourth-order valence-electron chi connectivity index (χ4n) is 3.86. The maximum Gasteiger partial charge on any atom is 0.335 e. The van der Waals surface area contributed by atoms with E-state index in [0.29, 0.717) is 42.5 Å². The second kappa shape index (κ2) is 8.42. The molecule has 0 saturated carbocycles. The third-order valence-corrected chi connectivity index (χ3v) is 8.99. The Morgan fingerprint density at radius 1 is 1.03 bits per heavy atom. The van der Waals surface area contributed by atoms with Crippen LogP contribution in [0, 0.1) is 11.3 Å². The minimum Gasteiger partial charge on any atom is -0.478 e. The van der Waals surface area contributed by atoms with E-state index in [1.807, 2.05) is 11.4 Å². The molecule has 0 unspecified atom stereocenters. The third-order valence-electron chi connectivity index (χ3n) is 5.31. The molecule has 1 N–H and O–H groups in total. The first-order valence-corrected chi connectivity index (χ1v) is 13.4. The van der Waals surface area contributed by atoms with E-state index in [4.69, 9.17) is 11.6 Å². The van der Waals surface area contributed by atoms with E-state index in [2.05, 4.69) is 6.07 Å². The molecule has 0 amide bonds. The Balaban J connectivity index is 1.99. The van der Waals surface area contributed by atoms with Gasteiger partial charge in [-0.25, -0.2) is 17.2 Å². The second-order valence-corrected chi connectivity index (χ2v) is 11.3. The SMILES string of the molecule is N#Cc1sccc1-c1c(-c2cccs2)n(S(=O)(=O)c2ccc(Cl)cc2)c2ccc(C(=O)O)cc12. The predicted octanol–water partition coefficient (Wildman–Crippen LogP) is 6.56. The van der Waals surface area contributed by atoms with Crippen LogP contribution in [0.15, 0.2) is 76.3 Å². The summed E-state index contributed by atoms with van der Waals surface area (Å²) >= 11 is 8.57. The molecular weight excluding hydrogens is 512 g/mol. The molecule has 2 aromatic carbocycles. The van der Waals surface area contributed by atoms with Crippen LogP contribution in [0.2, 0.25) is 5.02 Å². The zero-order valence-corrected chi connectivity index (χ0v) is 20.3. The molecule has 0 atom stereocenters. The minimum absolute atomic E-state index is 0.0151. The van der Waals surface area contributed by atoms with Gasteiger partial charge in [0.25, 0.3) is 10.0 Å². The Bertz CT molecular complexity index is 1710. The fourth-order valence-corrected chi connectivity index (χ4v) is 7.04.